The minimum Gasteiger partial charge on any atom is -0.378 e. The van der Waals surface area contributed by atoms with E-state index in [-0.39, 0.29) is 18.6 Å². The van der Waals surface area contributed by atoms with Crippen LogP contribution in [0.15, 0.2) is 35.7 Å². The van der Waals surface area contributed by atoms with Crippen LogP contribution in [0, 0.1) is 6.92 Å². The molecule has 0 aliphatic rings. The Morgan fingerprint density at radius 3 is 2.76 bits per heavy atom. The minimum absolute atomic E-state index is 0.0580. The van der Waals surface area contributed by atoms with E-state index in [0.29, 0.717) is 0 Å². The Morgan fingerprint density at radius 2 is 2.10 bits per heavy atom. The van der Waals surface area contributed by atoms with Gasteiger partial charge in [0.2, 0.25) is 5.91 Å². The number of rotatable bonds is 6. The third-order valence-corrected chi connectivity index (χ3v) is 4.30. The van der Waals surface area contributed by atoms with E-state index in [1.807, 2.05) is 24.3 Å². The third kappa shape index (κ3) is 4.31. The van der Waals surface area contributed by atoms with Gasteiger partial charge in [0.15, 0.2) is 0 Å². The highest BCUT2D eigenvalue weighted by Crippen LogP contribution is 2.27. The predicted molar refractivity (Wildman–Crippen MR) is 88.0 cm³/mol. The molecule has 0 radical (unpaired) electrons. The summed E-state index contributed by atoms with van der Waals surface area (Å²) in [7, 11) is 1.50. The highest BCUT2D eigenvalue weighted by Gasteiger charge is 2.10. The van der Waals surface area contributed by atoms with E-state index in [1.165, 1.54) is 17.6 Å². The number of carbonyl (C=O) groups is 1. The Hall–Kier alpha value is -1.85. The van der Waals surface area contributed by atoms with Gasteiger partial charge in [-0.1, -0.05) is 6.07 Å². The molecule has 2 aromatic rings. The van der Waals surface area contributed by atoms with Crippen LogP contribution in [0.4, 0.5) is 11.4 Å². The molecule has 1 aromatic carbocycles. The lowest BCUT2D eigenvalue weighted by molar-refractivity contribution is -0.119. The van der Waals surface area contributed by atoms with Gasteiger partial charge in [-0.2, -0.15) is 0 Å². The fourth-order valence-electron chi connectivity index (χ4n) is 2.16. The van der Waals surface area contributed by atoms with Crippen molar-refractivity contribution in [3.8, 4) is 0 Å². The molecular weight excluding hydrogens is 284 g/mol. The fourth-order valence-corrected chi connectivity index (χ4v) is 3.09. The molecule has 0 bridgehead atoms. The SMILES string of the molecule is COCC(=O)Nc1cccc(NC(C)c2sccc2C)c1. The molecule has 1 heterocycles. The third-order valence-electron chi connectivity index (χ3n) is 3.10. The second-order valence-corrected chi connectivity index (χ2v) is 5.84. The molecule has 5 heteroatoms. The number of anilines is 2. The van der Waals surface area contributed by atoms with Crippen molar-refractivity contribution >= 4 is 28.6 Å². The van der Waals surface area contributed by atoms with Gasteiger partial charge in [-0.25, -0.2) is 0 Å². The summed E-state index contributed by atoms with van der Waals surface area (Å²) < 4.78 is 4.81. The van der Waals surface area contributed by atoms with Crippen molar-refractivity contribution in [2.45, 2.75) is 19.9 Å². The molecule has 21 heavy (non-hydrogen) atoms. The quantitative estimate of drug-likeness (QED) is 0.853. The first-order valence-electron chi connectivity index (χ1n) is 6.79. The summed E-state index contributed by atoms with van der Waals surface area (Å²) in [5.74, 6) is -0.156. The van der Waals surface area contributed by atoms with Crippen molar-refractivity contribution in [1.29, 1.82) is 0 Å². The lowest BCUT2D eigenvalue weighted by Gasteiger charge is -2.16. The van der Waals surface area contributed by atoms with Crippen LogP contribution < -0.4 is 10.6 Å². The average molecular weight is 304 g/mol. The lowest BCUT2D eigenvalue weighted by atomic mass is 10.2. The summed E-state index contributed by atoms with van der Waals surface area (Å²) in [6.45, 7) is 4.31. The number of methoxy groups -OCH3 is 1. The van der Waals surface area contributed by atoms with E-state index in [4.69, 9.17) is 4.74 Å². The number of hydrogen-bond donors (Lipinski definition) is 2. The molecule has 4 nitrogen and oxygen atoms in total. The Bertz CT molecular complexity index is 610. The number of nitrogens with one attached hydrogen (secondary N) is 2. The molecule has 1 amide bonds. The van der Waals surface area contributed by atoms with Crippen molar-refractivity contribution in [1.82, 2.24) is 0 Å². The van der Waals surface area contributed by atoms with Gasteiger partial charge in [-0.05, 0) is 49.1 Å². The van der Waals surface area contributed by atoms with Crippen LogP contribution in [0.5, 0.6) is 0 Å². The van der Waals surface area contributed by atoms with E-state index in [2.05, 4.69) is 35.9 Å². The molecule has 0 fully saturated rings. The smallest absolute Gasteiger partial charge is 0.250 e. The maximum atomic E-state index is 11.5. The average Bonchev–Trinajstić information content (AvgIpc) is 2.85. The summed E-state index contributed by atoms with van der Waals surface area (Å²) in [5, 5.41) is 8.36. The molecule has 0 spiro atoms. The zero-order valence-corrected chi connectivity index (χ0v) is 13.3. The van der Waals surface area contributed by atoms with Crippen molar-refractivity contribution in [3.05, 3.63) is 46.2 Å². The van der Waals surface area contributed by atoms with Crippen LogP contribution in [-0.4, -0.2) is 19.6 Å². The van der Waals surface area contributed by atoms with Crippen molar-refractivity contribution < 1.29 is 9.53 Å². The Balaban J connectivity index is 2.04. The number of carbonyl (C=O) groups excluding carboxylic acids is 1. The van der Waals surface area contributed by atoms with E-state index in [0.717, 1.165) is 11.4 Å². The largest absolute Gasteiger partial charge is 0.378 e. The topological polar surface area (TPSA) is 50.4 Å². The zero-order valence-electron chi connectivity index (χ0n) is 12.5. The number of aryl methyl sites for hydroxylation is 1. The van der Waals surface area contributed by atoms with Gasteiger partial charge in [0.25, 0.3) is 0 Å². The maximum Gasteiger partial charge on any atom is 0.250 e. The van der Waals surface area contributed by atoms with Gasteiger partial charge in [-0.15, -0.1) is 11.3 Å². The van der Waals surface area contributed by atoms with E-state index < -0.39 is 0 Å². The first-order valence-corrected chi connectivity index (χ1v) is 7.67. The molecule has 0 aliphatic carbocycles. The molecule has 112 valence electrons. The van der Waals surface area contributed by atoms with Crippen molar-refractivity contribution in [2.24, 2.45) is 0 Å². The van der Waals surface area contributed by atoms with Gasteiger partial charge >= 0.3 is 0 Å². The minimum atomic E-state index is -0.156. The van der Waals surface area contributed by atoms with Gasteiger partial charge in [0.1, 0.15) is 6.61 Å². The number of amides is 1. The summed E-state index contributed by atoms with van der Waals surface area (Å²) in [6, 6.07) is 10.0. The Labute approximate surface area is 129 Å². The monoisotopic (exact) mass is 304 g/mol. The fraction of sp³-hybridized carbons (Fsp3) is 0.312. The number of thiophene rings is 1. The number of hydrogen-bond acceptors (Lipinski definition) is 4. The van der Waals surface area contributed by atoms with Crippen LogP contribution in [0.1, 0.15) is 23.4 Å². The highest BCUT2D eigenvalue weighted by molar-refractivity contribution is 7.10. The highest BCUT2D eigenvalue weighted by atomic mass is 32.1. The van der Waals surface area contributed by atoms with Gasteiger partial charge in [0.05, 0.1) is 6.04 Å². The second kappa shape index (κ2) is 7.24. The van der Waals surface area contributed by atoms with Crippen LogP contribution >= 0.6 is 11.3 Å². The van der Waals surface area contributed by atoms with E-state index >= 15 is 0 Å². The van der Waals surface area contributed by atoms with Crippen molar-refractivity contribution in [2.75, 3.05) is 24.4 Å². The molecular formula is C16H20N2O2S. The lowest BCUT2D eigenvalue weighted by Crippen LogP contribution is -2.17. The first kappa shape index (κ1) is 15.5. The number of ether oxygens (including phenoxy) is 1. The molecule has 0 saturated heterocycles. The molecule has 1 unspecified atom stereocenters. The van der Waals surface area contributed by atoms with Gasteiger partial charge in [0, 0.05) is 23.4 Å². The van der Waals surface area contributed by atoms with Gasteiger partial charge < -0.3 is 15.4 Å². The summed E-state index contributed by atoms with van der Waals surface area (Å²) in [4.78, 5) is 12.8. The molecule has 1 atom stereocenters. The van der Waals surface area contributed by atoms with Crippen LogP contribution in [0.3, 0.4) is 0 Å². The molecule has 1 aromatic heterocycles. The molecule has 2 rings (SSSR count). The number of benzene rings is 1. The molecule has 2 N–H and O–H groups in total. The first-order chi connectivity index (χ1) is 10.1. The maximum absolute atomic E-state index is 11.5. The zero-order chi connectivity index (χ0) is 15.2. The van der Waals surface area contributed by atoms with Crippen molar-refractivity contribution in [3.63, 3.8) is 0 Å². The standard InChI is InChI=1S/C16H20N2O2S/c1-11-7-8-21-16(11)12(2)17-13-5-4-6-14(9-13)18-15(19)10-20-3/h4-9,12,17H,10H2,1-3H3,(H,18,19). The predicted octanol–water partition coefficient (Wildman–Crippen LogP) is 3.81. The van der Waals surface area contributed by atoms with E-state index in [9.17, 15) is 4.79 Å². The Morgan fingerprint density at radius 1 is 1.33 bits per heavy atom. The Kier molecular flexibility index (Phi) is 5.36. The normalized spacial score (nSPS) is 12.0. The summed E-state index contributed by atoms with van der Waals surface area (Å²) >= 11 is 1.75. The van der Waals surface area contributed by atoms with Crippen LogP contribution in [0.25, 0.3) is 0 Å². The summed E-state index contributed by atoms with van der Waals surface area (Å²) in [6.07, 6.45) is 0. The van der Waals surface area contributed by atoms with Crippen LogP contribution in [-0.2, 0) is 9.53 Å². The molecule has 0 aliphatic heterocycles. The summed E-state index contributed by atoms with van der Waals surface area (Å²) in [5.41, 5.74) is 3.03. The molecule has 0 saturated carbocycles. The second-order valence-electron chi connectivity index (χ2n) is 4.90. The van der Waals surface area contributed by atoms with E-state index in [1.54, 1.807) is 11.3 Å². The van der Waals surface area contributed by atoms with Gasteiger partial charge in [-0.3, -0.25) is 4.79 Å². The van der Waals surface area contributed by atoms with Crippen LogP contribution in [0.2, 0.25) is 0 Å².